The van der Waals surface area contributed by atoms with Gasteiger partial charge in [0.15, 0.2) is 12.6 Å². The van der Waals surface area contributed by atoms with E-state index in [0.29, 0.717) is 6.61 Å². The summed E-state index contributed by atoms with van der Waals surface area (Å²) in [4.78, 5) is 0. The molecule has 2 N–H and O–H groups in total. The lowest BCUT2D eigenvalue weighted by molar-refractivity contribution is -0.340. The van der Waals surface area contributed by atoms with E-state index in [-0.39, 0.29) is 18.2 Å². The number of benzene rings is 1. The van der Waals surface area contributed by atoms with Gasteiger partial charge in [-0.3, -0.25) is 0 Å². The Morgan fingerprint density at radius 3 is 2.67 bits per heavy atom. The molecule has 6 nitrogen and oxygen atoms in total. The van der Waals surface area contributed by atoms with Crippen LogP contribution in [0.25, 0.3) is 0 Å². The lowest BCUT2D eigenvalue weighted by atomic mass is 9.95. The van der Waals surface area contributed by atoms with Gasteiger partial charge in [-0.05, 0) is 7.05 Å². The van der Waals surface area contributed by atoms with Gasteiger partial charge >= 0.3 is 0 Å². The van der Waals surface area contributed by atoms with Crippen LogP contribution in [0.1, 0.15) is 11.9 Å². The lowest BCUT2D eigenvalue weighted by Gasteiger charge is -2.47. The number of nitrogens with one attached hydrogen (secondary N) is 1. The van der Waals surface area contributed by atoms with Crippen LogP contribution in [0.5, 0.6) is 0 Å². The number of ether oxygens (including phenoxy) is 4. The molecule has 6 unspecified atom stereocenters. The number of likely N-dealkylation sites (N-methyl/N-ethyl adjacent to an activating group) is 1. The second-order valence-corrected chi connectivity index (χ2v) is 5.26. The summed E-state index contributed by atoms with van der Waals surface area (Å²) in [5.41, 5.74) is 0.953. The van der Waals surface area contributed by atoms with Crippen molar-refractivity contribution in [2.45, 2.75) is 36.9 Å². The van der Waals surface area contributed by atoms with Gasteiger partial charge in [0.1, 0.15) is 18.3 Å². The molecule has 6 atom stereocenters. The van der Waals surface area contributed by atoms with Crippen LogP contribution in [0.15, 0.2) is 30.3 Å². The third-order valence-electron chi connectivity index (χ3n) is 4.01. The topological polar surface area (TPSA) is 69.2 Å². The van der Waals surface area contributed by atoms with Crippen LogP contribution in [-0.4, -0.2) is 56.5 Å². The van der Waals surface area contributed by atoms with Gasteiger partial charge in [-0.25, -0.2) is 0 Å². The maximum absolute atomic E-state index is 10.3. The average Bonchev–Trinajstić information content (AvgIpc) is 2.54. The molecule has 2 saturated heterocycles. The number of hydrogen-bond acceptors (Lipinski definition) is 6. The zero-order valence-corrected chi connectivity index (χ0v) is 12.1. The van der Waals surface area contributed by atoms with Crippen LogP contribution >= 0.6 is 0 Å². The summed E-state index contributed by atoms with van der Waals surface area (Å²) < 4.78 is 22.6. The molecular formula is C15H21NO5. The zero-order chi connectivity index (χ0) is 14.8. The molecule has 0 radical (unpaired) electrons. The average molecular weight is 295 g/mol. The molecule has 0 aliphatic carbocycles. The first-order valence-electron chi connectivity index (χ1n) is 7.10. The highest BCUT2D eigenvalue weighted by Crippen LogP contribution is 2.33. The van der Waals surface area contributed by atoms with Crippen LogP contribution in [-0.2, 0) is 18.9 Å². The molecule has 0 bridgehead atoms. The highest BCUT2D eigenvalue weighted by Gasteiger charge is 2.48. The Morgan fingerprint density at radius 1 is 1.24 bits per heavy atom. The smallest absolute Gasteiger partial charge is 0.185 e. The minimum atomic E-state index is -0.796. The third-order valence-corrected chi connectivity index (χ3v) is 4.01. The van der Waals surface area contributed by atoms with Crippen LogP contribution < -0.4 is 5.32 Å². The van der Waals surface area contributed by atoms with Crippen LogP contribution in [0.4, 0.5) is 0 Å². The van der Waals surface area contributed by atoms with Gasteiger partial charge < -0.3 is 29.4 Å². The number of rotatable bonds is 3. The van der Waals surface area contributed by atoms with E-state index in [1.807, 2.05) is 30.3 Å². The summed E-state index contributed by atoms with van der Waals surface area (Å²) in [5.74, 6) is 0. The van der Waals surface area contributed by atoms with Crippen molar-refractivity contribution in [3.63, 3.8) is 0 Å². The summed E-state index contributed by atoms with van der Waals surface area (Å²) in [7, 11) is 3.30. The quantitative estimate of drug-likeness (QED) is 0.842. The molecule has 0 aromatic heterocycles. The fraction of sp³-hybridized carbons (Fsp3) is 0.600. The number of aliphatic hydroxyl groups is 1. The van der Waals surface area contributed by atoms with Gasteiger partial charge in [-0.15, -0.1) is 0 Å². The molecule has 116 valence electrons. The molecule has 1 aromatic rings. The van der Waals surface area contributed by atoms with Gasteiger partial charge in [0, 0.05) is 12.7 Å². The number of methoxy groups -OCH3 is 1. The first kappa shape index (κ1) is 14.9. The van der Waals surface area contributed by atoms with E-state index in [2.05, 4.69) is 5.32 Å². The minimum Gasteiger partial charge on any atom is -0.386 e. The van der Waals surface area contributed by atoms with Crippen molar-refractivity contribution in [2.75, 3.05) is 20.8 Å². The van der Waals surface area contributed by atoms with Gasteiger partial charge in [0.25, 0.3) is 0 Å². The lowest BCUT2D eigenvalue weighted by Crippen LogP contribution is -2.65. The highest BCUT2D eigenvalue weighted by molar-refractivity contribution is 5.16. The second-order valence-electron chi connectivity index (χ2n) is 5.26. The second kappa shape index (κ2) is 6.39. The molecule has 2 aliphatic heterocycles. The van der Waals surface area contributed by atoms with E-state index in [0.717, 1.165) is 5.56 Å². The SMILES string of the molecule is CNC1C(O)C(OC)OC2COC(c3ccccc3)OC21. The Bertz CT molecular complexity index is 457. The molecular weight excluding hydrogens is 274 g/mol. The van der Waals surface area contributed by atoms with Crippen LogP contribution in [0.2, 0.25) is 0 Å². The molecule has 21 heavy (non-hydrogen) atoms. The zero-order valence-electron chi connectivity index (χ0n) is 12.1. The molecule has 2 fully saturated rings. The Kier molecular flexibility index (Phi) is 4.54. The Morgan fingerprint density at radius 2 is 2.00 bits per heavy atom. The van der Waals surface area contributed by atoms with E-state index < -0.39 is 18.7 Å². The first-order valence-corrected chi connectivity index (χ1v) is 7.10. The Balaban J connectivity index is 1.77. The summed E-state index contributed by atoms with van der Waals surface area (Å²) in [5, 5.41) is 13.4. The van der Waals surface area contributed by atoms with Crippen LogP contribution in [0, 0.1) is 0 Å². The van der Waals surface area contributed by atoms with Crippen molar-refractivity contribution >= 4 is 0 Å². The standard InChI is InChI=1S/C15H21NO5/c1-16-11-12(17)15(18-2)20-10-8-19-14(21-13(10)11)9-6-4-3-5-7-9/h3-7,10-17H,8H2,1-2H3. The highest BCUT2D eigenvalue weighted by atomic mass is 16.7. The van der Waals surface area contributed by atoms with Gasteiger partial charge in [-0.1, -0.05) is 30.3 Å². The molecule has 2 aliphatic rings. The fourth-order valence-corrected chi connectivity index (χ4v) is 2.91. The summed E-state index contributed by atoms with van der Waals surface area (Å²) >= 11 is 0. The maximum Gasteiger partial charge on any atom is 0.185 e. The monoisotopic (exact) mass is 295 g/mol. The number of fused-ring (bicyclic) bond motifs is 1. The Hall–Kier alpha value is -1.02. The molecule has 0 amide bonds. The molecule has 1 aromatic carbocycles. The van der Waals surface area contributed by atoms with Crippen molar-refractivity contribution in [3.8, 4) is 0 Å². The van der Waals surface area contributed by atoms with Crippen molar-refractivity contribution < 1.29 is 24.1 Å². The van der Waals surface area contributed by atoms with Crippen molar-refractivity contribution in [2.24, 2.45) is 0 Å². The summed E-state index contributed by atoms with van der Waals surface area (Å²) in [6, 6.07) is 9.47. The molecule has 6 heteroatoms. The fourth-order valence-electron chi connectivity index (χ4n) is 2.91. The number of aliphatic hydroxyl groups excluding tert-OH is 1. The predicted molar refractivity (Wildman–Crippen MR) is 74.5 cm³/mol. The van der Waals surface area contributed by atoms with Crippen LogP contribution in [0.3, 0.4) is 0 Å². The normalized spacial score (nSPS) is 39.8. The van der Waals surface area contributed by atoms with E-state index >= 15 is 0 Å². The van der Waals surface area contributed by atoms with Crippen molar-refractivity contribution in [1.82, 2.24) is 5.32 Å². The summed E-state index contributed by atoms with van der Waals surface area (Å²) in [6.07, 6.45) is -2.48. The van der Waals surface area contributed by atoms with Crippen molar-refractivity contribution in [3.05, 3.63) is 35.9 Å². The molecule has 0 saturated carbocycles. The van der Waals surface area contributed by atoms with E-state index in [4.69, 9.17) is 18.9 Å². The van der Waals surface area contributed by atoms with E-state index in [9.17, 15) is 5.11 Å². The van der Waals surface area contributed by atoms with Gasteiger partial charge in [0.2, 0.25) is 0 Å². The number of hydrogen-bond donors (Lipinski definition) is 2. The summed E-state index contributed by atoms with van der Waals surface area (Å²) in [6.45, 7) is 0.398. The third kappa shape index (κ3) is 2.83. The van der Waals surface area contributed by atoms with E-state index in [1.165, 1.54) is 7.11 Å². The largest absolute Gasteiger partial charge is 0.386 e. The van der Waals surface area contributed by atoms with E-state index in [1.54, 1.807) is 7.05 Å². The molecule has 0 spiro atoms. The van der Waals surface area contributed by atoms with Gasteiger partial charge in [0.05, 0.1) is 12.6 Å². The van der Waals surface area contributed by atoms with Gasteiger partial charge in [-0.2, -0.15) is 0 Å². The Labute approximate surface area is 124 Å². The van der Waals surface area contributed by atoms with Crippen molar-refractivity contribution in [1.29, 1.82) is 0 Å². The maximum atomic E-state index is 10.3. The molecule has 2 heterocycles. The minimum absolute atomic E-state index is 0.268. The predicted octanol–water partition coefficient (Wildman–Crippen LogP) is 0.421. The molecule has 3 rings (SSSR count). The first-order chi connectivity index (χ1) is 10.2.